The van der Waals surface area contributed by atoms with Gasteiger partial charge in [-0.15, -0.1) is 0 Å². The topological polar surface area (TPSA) is 128 Å². The van der Waals surface area contributed by atoms with E-state index in [1.807, 2.05) is 149 Å². The lowest BCUT2D eigenvalue weighted by atomic mass is 10.1. The SMILES string of the molecule is CC(C)=CCC/C(C)=C/C(Nc1cccc(Br)c1)OP(=O)(OC(/C=C(\C)CCC=C(C)C)Nc1cccc(Br)c1)OP(=O)(OC(/C=C(\C)CCC=C(C)C)Nc1cccc(Br)c1)OC(/C=C(\C)CCC=C(C)C)Nc1cccc(Br)c1. The molecule has 0 aliphatic carbocycles. The predicted molar refractivity (Wildman–Crippen MR) is 357 cm³/mol. The van der Waals surface area contributed by atoms with Gasteiger partial charge in [-0.1, -0.05) is 157 Å². The molecule has 0 fully saturated rings. The van der Waals surface area contributed by atoms with Crippen molar-refractivity contribution in [1.82, 2.24) is 0 Å². The van der Waals surface area contributed by atoms with E-state index in [0.717, 1.165) is 65.9 Å². The second-order valence-electron chi connectivity index (χ2n) is 21.0. The number of phosphoric acid groups is 2. The van der Waals surface area contributed by atoms with E-state index in [4.69, 9.17) is 22.4 Å². The summed E-state index contributed by atoms with van der Waals surface area (Å²) in [7, 11) is -10.5. The zero-order chi connectivity index (χ0) is 59.5. The molecule has 440 valence electrons. The number of benzene rings is 4. The molecule has 4 rings (SSSR count). The van der Waals surface area contributed by atoms with Crippen molar-refractivity contribution in [2.45, 2.75) is 159 Å². The number of allylic oxidation sites excluding steroid dienone is 12. The van der Waals surface area contributed by atoms with Crippen LogP contribution in [-0.4, -0.2) is 24.9 Å². The average molecular weight is 1400 g/mol. The van der Waals surface area contributed by atoms with E-state index < -0.39 is 40.6 Å². The predicted octanol–water partition coefficient (Wildman–Crippen LogP) is 22.9. The van der Waals surface area contributed by atoms with Crippen molar-refractivity contribution < 1.29 is 31.5 Å². The molecule has 17 heteroatoms. The summed E-state index contributed by atoms with van der Waals surface area (Å²) in [5, 5.41) is 13.6. The molecule has 0 amide bonds. The summed E-state index contributed by atoms with van der Waals surface area (Å²) in [4.78, 5) is 0. The standard InChI is InChI=1S/C64H84Br4N4O7P2/c1-45(2)21-13-25-49(9)37-61(69-57-33-17-29-53(65)41-57)75-80(73,76-62(38-50(10)26-14-22-46(3)4)70-58-34-18-30-54(66)42-58)79-81(74,77-63(39-51(11)27-15-23-47(5)6)71-59-35-19-31-55(67)43-59)78-64(40-52(12)28-16-24-48(7)8)72-60-36-20-32-56(68)44-60/h17-24,29-44,61-64,69-72H,13-16,25-28H2,1-12H3/b49-37+,50-38+,51-39+,52-40+. The number of halogens is 4. The number of phosphoric ester groups is 2. The second kappa shape index (κ2) is 36.1. The summed E-state index contributed by atoms with van der Waals surface area (Å²) >= 11 is 14.5. The van der Waals surface area contributed by atoms with E-state index in [0.29, 0.717) is 48.4 Å². The summed E-state index contributed by atoms with van der Waals surface area (Å²) < 4.78 is 70.3. The van der Waals surface area contributed by atoms with Gasteiger partial charge in [0.2, 0.25) is 0 Å². The Kier molecular flexibility index (Phi) is 31.1. The fraction of sp³-hybridized carbons (Fsp3) is 0.375. The highest BCUT2D eigenvalue weighted by Crippen LogP contribution is 2.68. The van der Waals surface area contributed by atoms with Crippen molar-refractivity contribution in [3.05, 3.63) is 208 Å². The summed E-state index contributed by atoms with van der Waals surface area (Å²) in [6, 6.07) is 30.1. The van der Waals surface area contributed by atoms with Crippen LogP contribution in [0, 0.1) is 0 Å². The van der Waals surface area contributed by atoms with E-state index >= 15 is 9.13 Å². The molecule has 0 aromatic heterocycles. The van der Waals surface area contributed by atoms with Crippen molar-refractivity contribution in [3.63, 3.8) is 0 Å². The van der Waals surface area contributed by atoms with Crippen molar-refractivity contribution in [1.29, 1.82) is 0 Å². The Morgan fingerprint density at radius 2 is 0.593 bits per heavy atom. The molecule has 0 radical (unpaired) electrons. The molecule has 0 aliphatic heterocycles. The van der Waals surface area contributed by atoms with Gasteiger partial charge in [-0.2, -0.15) is 4.31 Å². The molecule has 4 aromatic carbocycles. The van der Waals surface area contributed by atoms with E-state index in [1.54, 1.807) is 0 Å². The Labute approximate surface area is 518 Å². The van der Waals surface area contributed by atoms with Crippen molar-refractivity contribution in [3.8, 4) is 0 Å². The Morgan fingerprint density at radius 3 is 0.778 bits per heavy atom. The number of rotatable bonds is 34. The zero-order valence-electron chi connectivity index (χ0n) is 49.1. The van der Waals surface area contributed by atoms with Gasteiger partial charge in [-0.25, -0.2) is 9.13 Å². The fourth-order valence-corrected chi connectivity index (χ4v) is 12.7. The molecule has 4 N–H and O–H groups in total. The molecule has 0 saturated heterocycles. The first-order valence-corrected chi connectivity index (χ1v) is 33.4. The normalized spacial score (nSPS) is 15.2. The van der Waals surface area contributed by atoms with Crippen molar-refractivity contribution in [2.24, 2.45) is 0 Å². The lowest BCUT2D eigenvalue weighted by molar-refractivity contribution is 0.0825. The molecule has 4 unspecified atom stereocenters. The third-order valence-electron chi connectivity index (χ3n) is 11.8. The average Bonchev–Trinajstić information content (AvgIpc) is 3.39. The number of anilines is 4. The van der Waals surface area contributed by atoms with Crippen LogP contribution >= 0.6 is 79.4 Å². The minimum absolute atomic E-state index is 0.628. The van der Waals surface area contributed by atoms with Crippen LogP contribution in [0.3, 0.4) is 0 Å². The minimum Gasteiger partial charge on any atom is -0.356 e. The van der Waals surface area contributed by atoms with Gasteiger partial charge in [0.05, 0.1) is 0 Å². The third-order valence-corrected chi connectivity index (χ3v) is 17.3. The van der Waals surface area contributed by atoms with Crippen LogP contribution in [0.25, 0.3) is 0 Å². The zero-order valence-corrected chi connectivity index (χ0v) is 57.2. The largest absolute Gasteiger partial charge is 0.488 e. The Bertz CT molecular complexity index is 2620. The van der Waals surface area contributed by atoms with E-state index in [2.05, 4.69) is 165 Å². The monoisotopic (exact) mass is 1400 g/mol. The lowest BCUT2D eigenvalue weighted by Gasteiger charge is -2.32. The molecule has 0 heterocycles. The molecule has 11 nitrogen and oxygen atoms in total. The molecular weight excluding hydrogens is 1320 g/mol. The van der Waals surface area contributed by atoms with E-state index in [1.165, 1.54) is 22.3 Å². The molecule has 0 spiro atoms. The van der Waals surface area contributed by atoms with Crippen LogP contribution in [-0.2, 0) is 31.5 Å². The minimum atomic E-state index is -5.27. The molecule has 4 aromatic rings. The Morgan fingerprint density at radius 1 is 0.383 bits per heavy atom. The number of hydrogen-bond acceptors (Lipinski definition) is 11. The van der Waals surface area contributed by atoms with Gasteiger partial charge in [-0.05, 0) is 232 Å². The summed E-state index contributed by atoms with van der Waals surface area (Å²) in [5.74, 6) is 0. The van der Waals surface area contributed by atoms with Gasteiger partial charge in [-0.3, -0.25) is 18.1 Å². The molecule has 81 heavy (non-hydrogen) atoms. The summed E-state index contributed by atoms with van der Waals surface area (Å²) in [6.07, 6.45) is 16.8. The number of hydrogen-bond donors (Lipinski definition) is 4. The highest BCUT2D eigenvalue weighted by molar-refractivity contribution is 9.11. The highest BCUT2D eigenvalue weighted by Gasteiger charge is 2.46. The van der Waals surface area contributed by atoms with Gasteiger partial charge in [0.15, 0.2) is 24.9 Å². The molecule has 0 bridgehead atoms. The second-order valence-corrected chi connectivity index (χ2v) is 28.0. The van der Waals surface area contributed by atoms with Gasteiger partial charge in [0.25, 0.3) is 0 Å². The van der Waals surface area contributed by atoms with Crippen LogP contribution in [0.5, 0.6) is 0 Å². The van der Waals surface area contributed by atoms with Gasteiger partial charge in [0, 0.05) is 40.6 Å². The molecule has 0 saturated carbocycles. The smallest absolute Gasteiger partial charge is 0.356 e. The maximum absolute atomic E-state index is 16.7. The molecule has 0 aliphatic rings. The van der Waals surface area contributed by atoms with Gasteiger partial charge in [0.1, 0.15) is 0 Å². The molecular formula is C64H84Br4N4O7P2. The third kappa shape index (κ3) is 30.0. The lowest BCUT2D eigenvalue weighted by Crippen LogP contribution is -2.28. The quantitative estimate of drug-likeness (QED) is 0.0203. The Balaban J connectivity index is 2.09. The van der Waals surface area contributed by atoms with E-state index in [9.17, 15) is 0 Å². The van der Waals surface area contributed by atoms with Gasteiger partial charge < -0.3 is 21.3 Å². The van der Waals surface area contributed by atoms with Crippen molar-refractivity contribution in [2.75, 3.05) is 21.3 Å². The van der Waals surface area contributed by atoms with E-state index in [-0.39, 0.29) is 0 Å². The molecule has 4 atom stereocenters. The Hall–Kier alpha value is -3.82. The first kappa shape index (κ1) is 69.7. The summed E-state index contributed by atoms with van der Waals surface area (Å²) in [6.45, 7) is 24.4. The number of nitrogens with one attached hydrogen (secondary N) is 4. The van der Waals surface area contributed by atoms with Crippen LogP contribution in [0.2, 0.25) is 0 Å². The fourth-order valence-electron chi connectivity index (χ4n) is 7.89. The highest BCUT2D eigenvalue weighted by atomic mass is 79.9. The van der Waals surface area contributed by atoms with Crippen LogP contribution in [0.4, 0.5) is 22.7 Å². The van der Waals surface area contributed by atoms with Crippen LogP contribution < -0.4 is 21.3 Å². The first-order valence-electron chi connectivity index (χ1n) is 27.3. The maximum Gasteiger partial charge on any atom is 0.488 e. The van der Waals surface area contributed by atoms with Crippen LogP contribution in [0.15, 0.2) is 208 Å². The summed E-state index contributed by atoms with van der Waals surface area (Å²) in [5.41, 5.74) is 10.9. The van der Waals surface area contributed by atoms with Crippen LogP contribution in [0.1, 0.15) is 134 Å². The maximum atomic E-state index is 16.7. The van der Waals surface area contributed by atoms with Gasteiger partial charge >= 0.3 is 15.6 Å². The first-order chi connectivity index (χ1) is 38.3. The van der Waals surface area contributed by atoms with Crippen molar-refractivity contribution >= 4 is 102 Å².